The van der Waals surface area contributed by atoms with Crippen LogP contribution >= 0.6 is 11.6 Å². The van der Waals surface area contributed by atoms with E-state index in [9.17, 15) is 14.6 Å². The van der Waals surface area contributed by atoms with Gasteiger partial charge in [-0.3, -0.25) is 0 Å². The fourth-order valence-electron chi connectivity index (χ4n) is 1.78. The summed E-state index contributed by atoms with van der Waals surface area (Å²) in [7, 11) is 0. The smallest absolute Gasteiger partial charge is 0.258 e. The summed E-state index contributed by atoms with van der Waals surface area (Å²) in [4.78, 5) is 4.13. The number of halogens is 2. The third-order valence-electron chi connectivity index (χ3n) is 2.82. The molecule has 106 valence electrons. The molecule has 0 radical (unpaired) electrons. The van der Waals surface area contributed by atoms with E-state index in [0.29, 0.717) is 11.1 Å². The Labute approximate surface area is 123 Å². The Hall–Kier alpha value is -2.60. The van der Waals surface area contributed by atoms with Gasteiger partial charge in [0.1, 0.15) is 5.82 Å². The van der Waals surface area contributed by atoms with Crippen LogP contribution in [-0.2, 0) is 0 Å². The Morgan fingerprint density at radius 3 is 2.57 bits per heavy atom. The minimum atomic E-state index is -0.462. The molecule has 0 fully saturated rings. The van der Waals surface area contributed by atoms with Crippen molar-refractivity contribution in [1.29, 1.82) is 0 Å². The molecule has 0 unspecified atom stereocenters. The number of hydrogen-bond acceptors (Lipinski definition) is 5. The molecule has 7 heteroatoms. The molecule has 2 N–H and O–H groups in total. The maximum absolute atomic E-state index is 13.0. The van der Waals surface area contributed by atoms with Crippen molar-refractivity contribution >= 4 is 11.6 Å². The highest BCUT2D eigenvalue weighted by Gasteiger charge is 2.14. The van der Waals surface area contributed by atoms with Crippen molar-refractivity contribution in [3.05, 3.63) is 47.2 Å². The largest absolute Gasteiger partial charge is 0.504 e. The first kappa shape index (κ1) is 13.4. The van der Waals surface area contributed by atoms with Crippen molar-refractivity contribution in [3.8, 4) is 34.3 Å². The first-order chi connectivity index (χ1) is 10.0. The highest BCUT2D eigenvalue weighted by Crippen LogP contribution is 2.32. The van der Waals surface area contributed by atoms with Crippen LogP contribution in [0.2, 0.25) is 5.02 Å². The Kier molecular flexibility index (Phi) is 3.23. The summed E-state index contributed by atoms with van der Waals surface area (Å²) in [6, 6.07) is 7.94. The molecule has 3 aromatic rings. The Bertz CT molecular complexity index is 820. The van der Waals surface area contributed by atoms with Crippen LogP contribution in [0.4, 0.5) is 4.39 Å². The van der Waals surface area contributed by atoms with Crippen LogP contribution in [0, 0.1) is 5.82 Å². The first-order valence-corrected chi connectivity index (χ1v) is 6.24. The molecule has 0 aliphatic carbocycles. The molecular weight excluding hydrogens is 299 g/mol. The molecule has 0 amide bonds. The van der Waals surface area contributed by atoms with E-state index >= 15 is 0 Å². The van der Waals surface area contributed by atoms with E-state index in [1.807, 2.05) is 0 Å². The fourth-order valence-corrected chi connectivity index (χ4v) is 2.03. The second kappa shape index (κ2) is 5.06. The molecule has 3 rings (SSSR count). The number of benzene rings is 2. The second-order valence-electron chi connectivity index (χ2n) is 4.25. The van der Waals surface area contributed by atoms with Gasteiger partial charge in [0, 0.05) is 11.1 Å². The van der Waals surface area contributed by atoms with Gasteiger partial charge in [0.25, 0.3) is 5.89 Å². The van der Waals surface area contributed by atoms with Crippen molar-refractivity contribution in [1.82, 2.24) is 10.1 Å². The van der Waals surface area contributed by atoms with Gasteiger partial charge in [-0.15, -0.1) is 0 Å². The van der Waals surface area contributed by atoms with Crippen LogP contribution in [0.25, 0.3) is 22.8 Å². The van der Waals surface area contributed by atoms with Crippen LogP contribution in [-0.4, -0.2) is 20.4 Å². The number of hydrogen-bond donors (Lipinski definition) is 2. The van der Waals surface area contributed by atoms with Crippen molar-refractivity contribution in [2.24, 2.45) is 0 Å². The summed E-state index contributed by atoms with van der Waals surface area (Å²) in [5.74, 6) is -0.675. The molecule has 0 aliphatic heterocycles. The highest BCUT2D eigenvalue weighted by atomic mass is 35.5. The molecule has 0 spiro atoms. The lowest BCUT2D eigenvalue weighted by Crippen LogP contribution is -1.84. The molecule has 1 heterocycles. The number of aromatic nitrogens is 2. The normalized spacial score (nSPS) is 10.8. The van der Waals surface area contributed by atoms with Crippen LogP contribution < -0.4 is 0 Å². The van der Waals surface area contributed by atoms with Crippen LogP contribution in [0.15, 0.2) is 40.9 Å². The van der Waals surface area contributed by atoms with Gasteiger partial charge in [-0.25, -0.2) is 4.39 Å². The quantitative estimate of drug-likeness (QED) is 0.707. The zero-order valence-electron chi connectivity index (χ0n) is 10.4. The molecule has 0 bridgehead atoms. The van der Waals surface area contributed by atoms with Crippen LogP contribution in [0.5, 0.6) is 11.5 Å². The van der Waals surface area contributed by atoms with Crippen LogP contribution in [0.3, 0.4) is 0 Å². The summed E-state index contributed by atoms with van der Waals surface area (Å²) in [6.45, 7) is 0. The second-order valence-corrected chi connectivity index (χ2v) is 4.66. The van der Waals surface area contributed by atoms with Crippen molar-refractivity contribution < 1.29 is 19.1 Å². The zero-order valence-corrected chi connectivity index (χ0v) is 11.2. The maximum Gasteiger partial charge on any atom is 0.258 e. The zero-order chi connectivity index (χ0) is 15.0. The monoisotopic (exact) mass is 306 g/mol. The summed E-state index contributed by atoms with van der Waals surface area (Å²) in [6.07, 6.45) is 0. The Morgan fingerprint density at radius 2 is 1.86 bits per heavy atom. The molecule has 0 aliphatic rings. The van der Waals surface area contributed by atoms with Crippen molar-refractivity contribution in [2.45, 2.75) is 0 Å². The number of aromatic hydroxyl groups is 2. The van der Waals surface area contributed by atoms with Gasteiger partial charge >= 0.3 is 0 Å². The SMILES string of the molecule is Oc1ccc(-c2nc(-c3ccc(F)cc3Cl)no2)cc1O. The lowest BCUT2D eigenvalue weighted by atomic mass is 10.2. The van der Waals surface area contributed by atoms with Gasteiger partial charge in [-0.1, -0.05) is 16.8 Å². The van der Waals surface area contributed by atoms with E-state index in [4.69, 9.17) is 16.1 Å². The highest BCUT2D eigenvalue weighted by molar-refractivity contribution is 6.33. The van der Waals surface area contributed by atoms with Gasteiger partial charge in [-0.05, 0) is 36.4 Å². The van der Waals surface area contributed by atoms with E-state index in [1.165, 1.54) is 30.3 Å². The van der Waals surface area contributed by atoms with Crippen molar-refractivity contribution in [2.75, 3.05) is 0 Å². The van der Waals surface area contributed by atoms with Gasteiger partial charge in [0.2, 0.25) is 5.82 Å². The topological polar surface area (TPSA) is 79.4 Å². The molecule has 0 saturated heterocycles. The molecule has 5 nitrogen and oxygen atoms in total. The molecular formula is C14H8ClFN2O3. The lowest BCUT2D eigenvalue weighted by Gasteiger charge is -1.99. The van der Waals surface area contributed by atoms with E-state index in [1.54, 1.807) is 0 Å². The van der Waals surface area contributed by atoms with Gasteiger partial charge in [-0.2, -0.15) is 4.98 Å². The summed E-state index contributed by atoms with van der Waals surface area (Å²) < 4.78 is 18.1. The molecule has 2 aromatic carbocycles. The van der Waals surface area contributed by atoms with Crippen molar-refractivity contribution in [3.63, 3.8) is 0 Å². The average molecular weight is 307 g/mol. The average Bonchev–Trinajstić information content (AvgIpc) is 2.91. The summed E-state index contributed by atoms with van der Waals surface area (Å²) in [5, 5.41) is 22.7. The third kappa shape index (κ3) is 2.53. The third-order valence-corrected chi connectivity index (χ3v) is 3.13. The standard InChI is InChI=1S/C14H8ClFN2O3/c15-10-6-8(16)2-3-9(10)13-17-14(21-18-13)7-1-4-11(19)12(20)5-7/h1-6,19-20H. The van der Waals surface area contributed by atoms with E-state index in [2.05, 4.69) is 10.1 Å². The summed E-state index contributed by atoms with van der Waals surface area (Å²) >= 11 is 5.93. The predicted molar refractivity (Wildman–Crippen MR) is 73.5 cm³/mol. The van der Waals surface area contributed by atoms with Gasteiger partial charge in [0.15, 0.2) is 11.5 Å². The van der Waals surface area contributed by atoms with Gasteiger partial charge < -0.3 is 14.7 Å². The number of phenols is 2. The number of rotatable bonds is 2. The van der Waals surface area contributed by atoms with Crippen LogP contribution in [0.1, 0.15) is 0 Å². The number of nitrogens with zero attached hydrogens (tertiary/aromatic N) is 2. The Morgan fingerprint density at radius 1 is 1.05 bits per heavy atom. The summed E-state index contributed by atoms with van der Waals surface area (Å²) in [5.41, 5.74) is 0.860. The van der Waals surface area contributed by atoms with E-state index < -0.39 is 5.82 Å². The number of phenolic OH excluding ortho intramolecular Hbond substituents is 2. The molecule has 0 saturated carbocycles. The predicted octanol–water partition coefficient (Wildman–Crippen LogP) is 3.61. The maximum atomic E-state index is 13.0. The first-order valence-electron chi connectivity index (χ1n) is 5.86. The molecule has 21 heavy (non-hydrogen) atoms. The fraction of sp³-hybridized carbons (Fsp3) is 0. The van der Waals surface area contributed by atoms with E-state index in [0.717, 1.165) is 6.07 Å². The van der Waals surface area contributed by atoms with Gasteiger partial charge in [0.05, 0.1) is 5.02 Å². The van der Waals surface area contributed by atoms with E-state index in [-0.39, 0.29) is 28.2 Å². The molecule has 1 aromatic heterocycles. The minimum absolute atomic E-state index is 0.140. The minimum Gasteiger partial charge on any atom is -0.504 e. The Balaban J connectivity index is 2.01. The molecule has 0 atom stereocenters. The lowest BCUT2D eigenvalue weighted by molar-refractivity contribution is 0.402.